The molecule has 20 heavy (non-hydrogen) atoms. The van der Waals surface area contributed by atoms with E-state index in [9.17, 15) is 14.5 Å². The average Bonchev–Trinajstić information content (AvgIpc) is 2.39. The standard InChI is InChI=1S/C13H26NO4PS/c1-10(2)13(17)19(18)9-11(12(15)16)5-3-4-7-20-8-6-14/h5,10,13,17,19H,3-4,6-9,14H2,1-2H3,(H,15,16)/b11-5+. The van der Waals surface area contributed by atoms with Crippen molar-refractivity contribution in [3.05, 3.63) is 11.6 Å². The lowest BCUT2D eigenvalue weighted by Gasteiger charge is -2.14. The largest absolute Gasteiger partial charge is 0.478 e. The summed E-state index contributed by atoms with van der Waals surface area (Å²) in [6.45, 7) is 4.19. The summed E-state index contributed by atoms with van der Waals surface area (Å²) < 4.78 is 11.9. The van der Waals surface area contributed by atoms with Gasteiger partial charge in [0.25, 0.3) is 0 Å². The maximum Gasteiger partial charge on any atom is 0.331 e. The summed E-state index contributed by atoms with van der Waals surface area (Å²) >= 11 is 1.74. The summed E-state index contributed by atoms with van der Waals surface area (Å²) in [4.78, 5) is 11.1. The Bertz CT molecular complexity index is 347. The number of thioether (sulfide) groups is 1. The molecule has 7 heteroatoms. The molecule has 0 aromatic carbocycles. The molecule has 0 heterocycles. The van der Waals surface area contributed by atoms with Crippen LogP contribution in [0.4, 0.5) is 0 Å². The van der Waals surface area contributed by atoms with E-state index in [-0.39, 0.29) is 17.7 Å². The van der Waals surface area contributed by atoms with Gasteiger partial charge in [0.05, 0.1) is 0 Å². The molecule has 4 N–H and O–H groups in total. The molecule has 0 saturated carbocycles. The van der Waals surface area contributed by atoms with Crippen LogP contribution in [-0.2, 0) is 9.36 Å². The average molecular weight is 323 g/mol. The normalized spacial score (nSPS) is 15.3. The molecule has 118 valence electrons. The Hall–Kier alpha value is -0.290. The summed E-state index contributed by atoms with van der Waals surface area (Å²) in [5.74, 6) is -0.241. The van der Waals surface area contributed by atoms with Crippen molar-refractivity contribution in [2.24, 2.45) is 11.7 Å². The maximum absolute atomic E-state index is 11.9. The van der Waals surface area contributed by atoms with Gasteiger partial charge in [-0.3, -0.25) is 0 Å². The number of rotatable bonds is 11. The molecular weight excluding hydrogens is 297 g/mol. The van der Waals surface area contributed by atoms with Crippen molar-refractivity contribution in [1.29, 1.82) is 0 Å². The van der Waals surface area contributed by atoms with Gasteiger partial charge in [0.15, 0.2) is 0 Å². The highest BCUT2D eigenvalue weighted by Gasteiger charge is 2.20. The highest BCUT2D eigenvalue weighted by Crippen LogP contribution is 2.33. The number of carboxylic acid groups (broad SMARTS) is 1. The fourth-order valence-electron chi connectivity index (χ4n) is 1.55. The second-order valence-corrected chi connectivity index (χ2v) is 8.01. The highest BCUT2D eigenvalue weighted by atomic mass is 32.2. The van der Waals surface area contributed by atoms with Crippen molar-refractivity contribution >= 4 is 25.5 Å². The first-order chi connectivity index (χ1) is 9.40. The molecular formula is C13H26NO4PS. The summed E-state index contributed by atoms with van der Waals surface area (Å²) in [7, 11) is -2.33. The lowest BCUT2D eigenvalue weighted by Crippen LogP contribution is -2.13. The van der Waals surface area contributed by atoms with Crippen molar-refractivity contribution < 1.29 is 19.6 Å². The van der Waals surface area contributed by atoms with Crippen molar-refractivity contribution in [3.63, 3.8) is 0 Å². The molecule has 0 aliphatic heterocycles. The smallest absolute Gasteiger partial charge is 0.331 e. The minimum atomic E-state index is -2.33. The van der Waals surface area contributed by atoms with E-state index in [1.807, 2.05) is 0 Å². The fourth-order valence-corrected chi connectivity index (χ4v) is 3.91. The van der Waals surface area contributed by atoms with Crippen LogP contribution >= 0.6 is 19.6 Å². The predicted octanol–water partition coefficient (Wildman–Crippen LogP) is 2.00. The number of aliphatic hydroxyl groups is 1. The molecule has 0 aromatic heterocycles. The van der Waals surface area contributed by atoms with Crippen LogP contribution in [0.2, 0.25) is 0 Å². The molecule has 0 rings (SSSR count). The molecule has 0 aliphatic rings. The molecule has 5 nitrogen and oxygen atoms in total. The minimum absolute atomic E-state index is 0.0325. The zero-order chi connectivity index (χ0) is 15.5. The SMILES string of the molecule is CC(C)C(O)[PH](=O)C/C(=C\CCCSCCN)C(=O)O. The number of nitrogens with two attached hydrogens (primary N) is 1. The number of hydrogen-bond donors (Lipinski definition) is 3. The Balaban J connectivity index is 4.29. The van der Waals surface area contributed by atoms with Gasteiger partial charge in [-0.25, -0.2) is 4.79 Å². The number of hydrogen-bond acceptors (Lipinski definition) is 5. The highest BCUT2D eigenvalue weighted by molar-refractivity contribution is 7.99. The van der Waals surface area contributed by atoms with E-state index in [4.69, 9.17) is 10.8 Å². The van der Waals surface area contributed by atoms with Gasteiger partial charge < -0.3 is 20.5 Å². The van der Waals surface area contributed by atoms with E-state index < -0.39 is 19.6 Å². The molecule has 2 atom stereocenters. The first-order valence-electron chi connectivity index (χ1n) is 6.81. The van der Waals surface area contributed by atoms with Gasteiger partial charge in [0.2, 0.25) is 0 Å². The van der Waals surface area contributed by atoms with E-state index in [0.717, 1.165) is 17.9 Å². The Labute approximate surface area is 125 Å². The van der Waals surface area contributed by atoms with Gasteiger partial charge in [-0.2, -0.15) is 11.8 Å². The van der Waals surface area contributed by atoms with Crippen LogP contribution in [-0.4, -0.2) is 46.2 Å². The third kappa shape index (κ3) is 8.80. The van der Waals surface area contributed by atoms with E-state index >= 15 is 0 Å². The van der Waals surface area contributed by atoms with Gasteiger partial charge in [0.1, 0.15) is 13.6 Å². The van der Waals surface area contributed by atoms with Crippen LogP contribution in [0.1, 0.15) is 26.7 Å². The molecule has 0 fully saturated rings. The zero-order valence-corrected chi connectivity index (χ0v) is 14.0. The number of carbonyl (C=O) groups is 1. The lowest BCUT2D eigenvalue weighted by molar-refractivity contribution is -0.132. The lowest BCUT2D eigenvalue weighted by atomic mass is 10.2. The molecule has 0 aliphatic carbocycles. The summed E-state index contributed by atoms with van der Waals surface area (Å²) in [5, 5.41) is 18.8. The second-order valence-electron chi connectivity index (χ2n) is 4.91. The third-order valence-corrected chi connectivity index (χ3v) is 5.90. The van der Waals surface area contributed by atoms with Crippen LogP contribution in [0.3, 0.4) is 0 Å². The number of unbranched alkanes of at least 4 members (excludes halogenated alkanes) is 1. The van der Waals surface area contributed by atoms with Crippen LogP contribution < -0.4 is 5.73 Å². The van der Waals surface area contributed by atoms with Crippen molar-refractivity contribution in [1.82, 2.24) is 0 Å². The number of aliphatic hydroxyl groups excluding tert-OH is 1. The van der Waals surface area contributed by atoms with E-state index in [1.54, 1.807) is 31.7 Å². The number of aliphatic carboxylic acids is 1. The molecule has 2 unspecified atom stereocenters. The maximum atomic E-state index is 11.9. The fraction of sp³-hybridized carbons (Fsp3) is 0.769. The van der Waals surface area contributed by atoms with Crippen LogP contribution in [0, 0.1) is 5.92 Å². The molecule has 0 spiro atoms. The van der Waals surface area contributed by atoms with Gasteiger partial charge in [-0.1, -0.05) is 19.9 Å². The first-order valence-corrected chi connectivity index (χ1v) is 9.65. The van der Waals surface area contributed by atoms with Crippen molar-refractivity contribution in [2.75, 3.05) is 24.2 Å². The molecule has 0 amide bonds. The molecule has 0 saturated heterocycles. The third-order valence-electron chi connectivity index (χ3n) is 2.75. The second kappa shape index (κ2) is 11.4. The summed E-state index contributed by atoms with van der Waals surface area (Å²) in [5.41, 5.74) is 5.52. The van der Waals surface area contributed by atoms with E-state index in [2.05, 4.69) is 0 Å². The Morgan fingerprint density at radius 3 is 2.55 bits per heavy atom. The van der Waals surface area contributed by atoms with Crippen LogP contribution in [0.15, 0.2) is 11.6 Å². The van der Waals surface area contributed by atoms with Gasteiger partial charge in [0, 0.05) is 24.0 Å². The summed E-state index contributed by atoms with van der Waals surface area (Å²) in [6, 6.07) is 0. The molecule has 0 radical (unpaired) electrons. The Morgan fingerprint density at radius 1 is 1.40 bits per heavy atom. The van der Waals surface area contributed by atoms with E-state index in [0.29, 0.717) is 13.0 Å². The van der Waals surface area contributed by atoms with E-state index in [1.165, 1.54) is 0 Å². The van der Waals surface area contributed by atoms with Gasteiger partial charge >= 0.3 is 5.97 Å². The first kappa shape index (κ1) is 19.7. The topological polar surface area (TPSA) is 101 Å². The van der Waals surface area contributed by atoms with Crippen molar-refractivity contribution in [3.8, 4) is 0 Å². The monoisotopic (exact) mass is 323 g/mol. The predicted molar refractivity (Wildman–Crippen MR) is 86.0 cm³/mol. The van der Waals surface area contributed by atoms with Crippen molar-refractivity contribution in [2.45, 2.75) is 32.5 Å². The Kier molecular flexibility index (Phi) is 11.2. The number of carboxylic acids is 1. The molecule has 0 bridgehead atoms. The van der Waals surface area contributed by atoms with Gasteiger partial charge in [-0.15, -0.1) is 0 Å². The van der Waals surface area contributed by atoms with Crippen LogP contribution in [0.25, 0.3) is 0 Å². The zero-order valence-electron chi connectivity index (χ0n) is 12.2. The van der Waals surface area contributed by atoms with Crippen LogP contribution in [0.5, 0.6) is 0 Å². The minimum Gasteiger partial charge on any atom is -0.478 e. The molecule has 0 aromatic rings. The summed E-state index contributed by atoms with van der Waals surface area (Å²) in [6.07, 6.45) is 3.11. The number of allylic oxidation sites excluding steroid dienone is 1. The van der Waals surface area contributed by atoms with Gasteiger partial charge in [-0.05, 0) is 24.5 Å². The quantitative estimate of drug-likeness (QED) is 0.305. The Morgan fingerprint density at radius 2 is 2.05 bits per heavy atom.